The molecule has 2 aromatic carbocycles. The van der Waals surface area contributed by atoms with Crippen LogP contribution in [0.3, 0.4) is 0 Å². The second-order valence-corrected chi connectivity index (χ2v) is 8.32. The largest absolute Gasteiger partial charge is 0.491 e. The molecule has 2 heterocycles. The first kappa shape index (κ1) is 22.9. The molecule has 0 bridgehead atoms. The van der Waals surface area contributed by atoms with Crippen molar-refractivity contribution in [1.29, 1.82) is 0 Å². The number of aromatic nitrogens is 1. The molecule has 1 aromatic heterocycles. The lowest BCUT2D eigenvalue weighted by molar-refractivity contribution is 0.0691. The summed E-state index contributed by atoms with van der Waals surface area (Å²) < 4.78 is 13.5. The number of nitrogens with zero attached hydrogens (tertiary/aromatic N) is 2. The van der Waals surface area contributed by atoms with Crippen LogP contribution >= 0.6 is 0 Å². The number of likely N-dealkylation sites (tertiary alicyclic amines) is 1. The van der Waals surface area contributed by atoms with Gasteiger partial charge in [0.15, 0.2) is 0 Å². The van der Waals surface area contributed by atoms with E-state index in [0.29, 0.717) is 31.5 Å². The van der Waals surface area contributed by atoms with Gasteiger partial charge in [0, 0.05) is 30.2 Å². The van der Waals surface area contributed by atoms with Crippen LogP contribution in [0.2, 0.25) is 0 Å². The van der Waals surface area contributed by atoms with Crippen molar-refractivity contribution >= 4 is 16.9 Å². The van der Waals surface area contributed by atoms with Gasteiger partial charge in [0.2, 0.25) is 0 Å². The maximum Gasteiger partial charge on any atom is 0.339 e. The maximum absolute atomic E-state index is 11.3. The number of rotatable bonds is 10. The van der Waals surface area contributed by atoms with Crippen LogP contribution in [-0.2, 0) is 11.3 Å². The van der Waals surface area contributed by atoms with Crippen molar-refractivity contribution < 1.29 is 19.4 Å². The van der Waals surface area contributed by atoms with Crippen molar-refractivity contribution in [3.8, 4) is 18.1 Å². The third kappa shape index (κ3) is 5.57. The van der Waals surface area contributed by atoms with Crippen LogP contribution in [0.5, 0.6) is 5.75 Å². The molecule has 33 heavy (non-hydrogen) atoms. The van der Waals surface area contributed by atoms with Crippen molar-refractivity contribution in [2.75, 3.05) is 39.5 Å². The number of benzene rings is 2. The van der Waals surface area contributed by atoms with E-state index in [-0.39, 0.29) is 5.56 Å². The molecule has 0 spiro atoms. The van der Waals surface area contributed by atoms with Crippen LogP contribution < -0.4 is 4.74 Å². The highest BCUT2D eigenvalue weighted by molar-refractivity contribution is 5.90. The highest BCUT2D eigenvalue weighted by Crippen LogP contribution is 2.34. The molecule has 0 aliphatic carbocycles. The number of carboxylic acids is 1. The molecule has 1 aliphatic heterocycles. The lowest BCUT2D eigenvalue weighted by Crippen LogP contribution is -2.35. The Hall–Kier alpha value is -3.27. The summed E-state index contributed by atoms with van der Waals surface area (Å²) in [4.78, 5) is 13.7. The minimum atomic E-state index is -0.965. The SMILES string of the molecule is C#CCOCCn1cc(C2CCN(CCOc3ccccc3C(=O)O)CC2)c2ccccc21. The number of carboxylic acid groups (broad SMARTS) is 1. The number of hydrogen-bond donors (Lipinski definition) is 1. The quantitative estimate of drug-likeness (QED) is 0.373. The molecule has 0 unspecified atom stereocenters. The fourth-order valence-electron chi connectivity index (χ4n) is 4.60. The summed E-state index contributed by atoms with van der Waals surface area (Å²) in [6, 6.07) is 15.4. The molecule has 1 saturated heterocycles. The third-order valence-electron chi connectivity index (χ3n) is 6.29. The summed E-state index contributed by atoms with van der Waals surface area (Å²) in [5.74, 6) is 2.50. The molecule has 3 aromatic rings. The predicted molar refractivity (Wildman–Crippen MR) is 129 cm³/mol. The molecule has 6 nitrogen and oxygen atoms in total. The number of para-hydroxylation sites is 2. The molecule has 1 aliphatic rings. The molecule has 0 radical (unpaired) electrons. The lowest BCUT2D eigenvalue weighted by atomic mass is 9.89. The average molecular weight is 447 g/mol. The summed E-state index contributed by atoms with van der Waals surface area (Å²) >= 11 is 0. The van der Waals surface area contributed by atoms with E-state index in [4.69, 9.17) is 15.9 Å². The summed E-state index contributed by atoms with van der Waals surface area (Å²) in [7, 11) is 0. The zero-order valence-electron chi connectivity index (χ0n) is 18.8. The second-order valence-electron chi connectivity index (χ2n) is 8.32. The molecule has 1 N–H and O–H groups in total. The van der Waals surface area contributed by atoms with Crippen molar-refractivity contribution in [2.24, 2.45) is 0 Å². The normalized spacial score (nSPS) is 14.9. The highest BCUT2D eigenvalue weighted by Gasteiger charge is 2.24. The van der Waals surface area contributed by atoms with Crippen LogP contribution in [0, 0.1) is 12.3 Å². The zero-order valence-corrected chi connectivity index (χ0v) is 18.8. The number of terminal acetylenes is 1. The van der Waals surface area contributed by atoms with Gasteiger partial charge in [-0.1, -0.05) is 36.3 Å². The van der Waals surface area contributed by atoms with Crippen LogP contribution in [-0.4, -0.2) is 60.0 Å². The van der Waals surface area contributed by atoms with Crippen molar-refractivity contribution in [3.63, 3.8) is 0 Å². The molecule has 0 atom stereocenters. The van der Waals surface area contributed by atoms with Crippen LogP contribution in [0.4, 0.5) is 0 Å². The molecule has 1 fully saturated rings. The van der Waals surface area contributed by atoms with E-state index in [1.807, 2.05) is 0 Å². The van der Waals surface area contributed by atoms with Gasteiger partial charge in [0.1, 0.15) is 24.5 Å². The second kappa shape index (κ2) is 11.0. The van der Waals surface area contributed by atoms with E-state index in [1.165, 1.54) is 16.5 Å². The minimum Gasteiger partial charge on any atom is -0.491 e. The predicted octanol–water partition coefficient (Wildman–Crippen LogP) is 4.25. The number of fused-ring (bicyclic) bond motifs is 1. The van der Waals surface area contributed by atoms with Gasteiger partial charge in [-0.25, -0.2) is 4.79 Å². The molecule has 0 amide bonds. The lowest BCUT2D eigenvalue weighted by Gasteiger charge is -2.31. The molecular formula is C27H30N2O4. The Labute approximate surface area is 194 Å². The summed E-state index contributed by atoms with van der Waals surface area (Å²) in [5.41, 5.74) is 2.86. The fraction of sp³-hybridized carbons (Fsp3) is 0.370. The van der Waals surface area contributed by atoms with E-state index >= 15 is 0 Å². The van der Waals surface area contributed by atoms with Gasteiger partial charge in [0.25, 0.3) is 0 Å². The van der Waals surface area contributed by atoms with Crippen molar-refractivity contribution in [1.82, 2.24) is 9.47 Å². The summed E-state index contributed by atoms with van der Waals surface area (Å²) in [6.45, 7) is 5.00. The first-order valence-electron chi connectivity index (χ1n) is 11.4. The van der Waals surface area contributed by atoms with E-state index in [0.717, 1.165) is 39.0 Å². The minimum absolute atomic E-state index is 0.206. The molecule has 6 heteroatoms. The average Bonchev–Trinajstić information content (AvgIpc) is 3.21. The highest BCUT2D eigenvalue weighted by atomic mass is 16.5. The van der Waals surface area contributed by atoms with Gasteiger partial charge >= 0.3 is 5.97 Å². The Bertz CT molecular complexity index is 1120. The first-order valence-corrected chi connectivity index (χ1v) is 11.4. The van der Waals surface area contributed by atoms with Crippen LogP contribution in [0.25, 0.3) is 10.9 Å². The van der Waals surface area contributed by atoms with Crippen molar-refractivity contribution in [3.05, 3.63) is 65.9 Å². The standard InChI is InChI=1S/C27H30N2O4/c1-2-17-32-18-16-29-20-24(22-7-3-5-9-25(22)29)21-11-13-28(14-12-21)15-19-33-26-10-6-4-8-23(26)27(30)31/h1,3-10,20-21H,11-19H2,(H,30,31). The van der Waals surface area contributed by atoms with Gasteiger partial charge in [-0.2, -0.15) is 0 Å². The van der Waals surface area contributed by atoms with E-state index in [9.17, 15) is 9.90 Å². The summed E-state index contributed by atoms with van der Waals surface area (Å²) in [5, 5.41) is 10.6. The molecule has 172 valence electrons. The van der Waals surface area contributed by atoms with E-state index < -0.39 is 5.97 Å². The first-order chi connectivity index (χ1) is 16.2. The Balaban J connectivity index is 1.33. The Kier molecular flexibility index (Phi) is 7.66. The maximum atomic E-state index is 11.3. The molecule has 0 saturated carbocycles. The summed E-state index contributed by atoms with van der Waals surface area (Å²) in [6.07, 6.45) is 9.74. The van der Waals surface area contributed by atoms with E-state index in [1.54, 1.807) is 24.3 Å². The van der Waals surface area contributed by atoms with Gasteiger partial charge in [0.05, 0.1) is 6.61 Å². The van der Waals surface area contributed by atoms with Gasteiger partial charge in [-0.05, 0) is 55.6 Å². The number of carbonyl (C=O) groups is 1. The Morgan fingerprint density at radius 1 is 1.06 bits per heavy atom. The van der Waals surface area contributed by atoms with Gasteiger partial charge in [-0.3, -0.25) is 4.90 Å². The molecule has 4 rings (SSSR count). The Morgan fingerprint density at radius 2 is 1.82 bits per heavy atom. The van der Waals surface area contributed by atoms with Gasteiger partial charge in [-0.15, -0.1) is 6.42 Å². The van der Waals surface area contributed by atoms with Crippen LogP contribution in [0.1, 0.15) is 34.7 Å². The monoisotopic (exact) mass is 446 g/mol. The number of ether oxygens (including phenoxy) is 2. The Morgan fingerprint density at radius 3 is 2.61 bits per heavy atom. The zero-order chi connectivity index (χ0) is 23.0. The molecular weight excluding hydrogens is 416 g/mol. The fourth-order valence-corrected chi connectivity index (χ4v) is 4.60. The number of aromatic carboxylic acids is 1. The number of piperidine rings is 1. The van der Waals surface area contributed by atoms with Crippen LogP contribution in [0.15, 0.2) is 54.7 Å². The van der Waals surface area contributed by atoms with E-state index in [2.05, 4.69) is 45.8 Å². The smallest absolute Gasteiger partial charge is 0.339 e. The third-order valence-corrected chi connectivity index (χ3v) is 6.29. The van der Waals surface area contributed by atoms with Crippen molar-refractivity contribution in [2.45, 2.75) is 25.3 Å². The van der Waals surface area contributed by atoms with Gasteiger partial charge < -0.3 is 19.1 Å². The topological polar surface area (TPSA) is 63.9 Å². The number of hydrogen-bond acceptors (Lipinski definition) is 4.